The molecular weight excluding hydrogens is 266 g/mol. The van der Waals surface area contributed by atoms with Crippen LogP contribution in [0.3, 0.4) is 0 Å². The molecule has 0 unspecified atom stereocenters. The van der Waals surface area contributed by atoms with E-state index in [-0.39, 0.29) is 17.2 Å². The predicted molar refractivity (Wildman–Crippen MR) is 72.5 cm³/mol. The van der Waals surface area contributed by atoms with E-state index in [9.17, 15) is 9.59 Å². The van der Waals surface area contributed by atoms with Crippen molar-refractivity contribution in [2.24, 2.45) is 0 Å². The van der Waals surface area contributed by atoms with Gasteiger partial charge in [-0.05, 0) is 20.8 Å². The van der Waals surface area contributed by atoms with Crippen LogP contribution >= 0.6 is 11.8 Å². The molecule has 1 N–H and O–H groups in total. The van der Waals surface area contributed by atoms with Gasteiger partial charge < -0.3 is 10.0 Å². The first-order valence-corrected chi connectivity index (χ1v) is 6.80. The zero-order valence-electron chi connectivity index (χ0n) is 11.4. The average Bonchev–Trinajstić information content (AvgIpc) is 2.33. The zero-order valence-corrected chi connectivity index (χ0v) is 12.2. The summed E-state index contributed by atoms with van der Waals surface area (Å²) in [5.74, 6) is -0.462. The first-order chi connectivity index (χ1) is 8.86. The number of aryl methyl sites for hydroxylation is 2. The van der Waals surface area contributed by atoms with E-state index < -0.39 is 5.97 Å². The standard InChI is InChI=1S/C12H17N3O3S/c1-5-15(4)9(16)6-19-11-10(12(17)18)7(2)13-8(3)14-11/h5-6H2,1-4H3,(H,17,18). The number of hydrogen-bond acceptors (Lipinski definition) is 5. The predicted octanol–water partition coefficient (Wildman–Crippen LogP) is 1.36. The number of nitrogens with zero attached hydrogens (tertiary/aromatic N) is 3. The first kappa shape index (κ1) is 15.4. The number of carboxylic acids is 1. The monoisotopic (exact) mass is 283 g/mol. The van der Waals surface area contributed by atoms with Crippen molar-refractivity contribution in [2.45, 2.75) is 25.8 Å². The molecule has 0 saturated carbocycles. The smallest absolute Gasteiger partial charge is 0.340 e. The van der Waals surface area contributed by atoms with Gasteiger partial charge in [0.2, 0.25) is 5.91 Å². The van der Waals surface area contributed by atoms with Crippen LogP contribution in [0.2, 0.25) is 0 Å². The van der Waals surface area contributed by atoms with Crippen molar-refractivity contribution in [1.29, 1.82) is 0 Å². The highest BCUT2D eigenvalue weighted by molar-refractivity contribution is 8.00. The van der Waals surface area contributed by atoms with E-state index in [2.05, 4.69) is 9.97 Å². The van der Waals surface area contributed by atoms with Crippen molar-refractivity contribution in [1.82, 2.24) is 14.9 Å². The molecule has 0 aliphatic heterocycles. The molecule has 0 radical (unpaired) electrons. The van der Waals surface area contributed by atoms with Crippen molar-refractivity contribution in [3.8, 4) is 0 Å². The van der Waals surface area contributed by atoms with E-state index >= 15 is 0 Å². The Kier molecular flexibility index (Phi) is 5.29. The van der Waals surface area contributed by atoms with Crippen LogP contribution in [0.5, 0.6) is 0 Å². The summed E-state index contributed by atoms with van der Waals surface area (Å²) in [6.07, 6.45) is 0. The van der Waals surface area contributed by atoms with Gasteiger partial charge in [-0.15, -0.1) is 0 Å². The van der Waals surface area contributed by atoms with Crippen LogP contribution in [-0.4, -0.2) is 51.2 Å². The van der Waals surface area contributed by atoms with Gasteiger partial charge in [-0.3, -0.25) is 4.79 Å². The minimum absolute atomic E-state index is 0.0576. The van der Waals surface area contributed by atoms with Gasteiger partial charge in [0.15, 0.2) is 0 Å². The van der Waals surface area contributed by atoms with Crippen molar-refractivity contribution in [3.63, 3.8) is 0 Å². The van der Waals surface area contributed by atoms with Crippen LogP contribution in [0, 0.1) is 13.8 Å². The summed E-state index contributed by atoms with van der Waals surface area (Å²) in [7, 11) is 1.71. The summed E-state index contributed by atoms with van der Waals surface area (Å²) in [5, 5.41) is 9.51. The van der Waals surface area contributed by atoms with Crippen LogP contribution in [0.15, 0.2) is 5.03 Å². The Bertz CT molecular complexity index is 505. The fraction of sp³-hybridized carbons (Fsp3) is 0.500. The lowest BCUT2D eigenvalue weighted by atomic mass is 10.2. The molecule has 6 nitrogen and oxygen atoms in total. The molecule has 19 heavy (non-hydrogen) atoms. The summed E-state index contributed by atoms with van der Waals surface area (Å²) in [6.45, 7) is 5.82. The van der Waals surface area contributed by atoms with Crippen LogP contribution < -0.4 is 0 Å². The number of rotatable bonds is 5. The summed E-state index contributed by atoms with van der Waals surface area (Å²) < 4.78 is 0. The fourth-order valence-electron chi connectivity index (χ4n) is 1.45. The summed E-state index contributed by atoms with van der Waals surface area (Å²) in [5.41, 5.74) is 0.487. The highest BCUT2D eigenvalue weighted by Crippen LogP contribution is 2.23. The molecule has 0 aromatic carbocycles. The molecule has 1 aromatic rings. The fourth-order valence-corrected chi connectivity index (χ4v) is 2.51. The Morgan fingerprint density at radius 1 is 1.32 bits per heavy atom. The lowest BCUT2D eigenvalue weighted by molar-refractivity contribution is -0.126. The normalized spacial score (nSPS) is 10.3. The molecule has 1 amide bonds. The summed E-state index contributed by atoms with van der Waals surface area (Å²) >= 11 is 1.13. The third kappa shape index (κ3) is 3.92. The van der Waals surface area contributed by atoms with E-state index in [1.54, 1.807) is 25.8 Å². The second kappa shape index (κ2) is 6.51. The minimum atomic E-state index is -1.07. The van der Waals surface area contributed by atoms with Crippen molar-refractivity contribution in [2.75, 3.05) is 19.3 Å². The van der Waals surface area contributed by atoms with Gasteiger partial charge in [0, 0.05) is 13.6 Å². The number of hydrogen-bond donors (Lipinski definition) is 1. The van der Waals surface area contributed by atoms with Gasteiger partial charge in [0.25, 0.3) is 0 Å². The number of amides is 1. The lowest BCUT2D eigenvalue weighted by Crippen LogP contribution is -2.28. The number of aromatic carboxylic acids is 1. The summed E-state index contributed by atoms with van der Waals surface area (Å²) in [6, 6.07) is 0. The molecule has 0 atom stereocenters. The SMILES string of the molecule is CCN(C)C(=O)CSc1nc(C)nc(C)c1C(=O)O. The Morgan fingerprint density at radius 3 is 2.47 bits per heavy atom. The second-order valence-corrected chi connectivity index (χ2v) is 5.00. The third-order valence-corrected chi connectivity index (χ3v) is 3.57. The number of carboxylic acid groups (broad SMARTS) is 1. The van der Waals surface area contributed by atoms with Crippen LogP contribution in [0.4, 0.5) is 0 Å². The van der Waals surface area contributed by atoms with E-state index in [0.29, 0.717) is 23.1 Å². The maximum absolute atomic E-state index is 11.7. The topological polar surface area (TPSA) is 83.4 Å². The molecular formula is C12H17N3O3S. The lowest BCUT2D eigenvalue weighted by Gasteiger charge is -2.14. The van der Waals surface area contributed by atoms with Gasteiger partial charge in [-0.1, -0.05) is 11.8 Å². The molecule has 0 bridgehead atoms. The molecule has 1 rings (SSSR count). The van der Waals surface area contributed by atoms with Crippen LogP contribution in [0.1, 0.15) is 28.8 Å². The Morgan fingerprint density at radius 2 is 1.95 bits per heavy atom. The highest BCUT2D eigenvalue weighted by Gasteiger charge is 2.18. The van der Waals surface area contributed by atoms with E-state index in [4.69, 9.17) is 5.11 Å². The van der Waals surface area contributed by atoms with Crippen LogP contribution in [0.25, 0.3) is 0 Å². The molecule has 0 saturated heterocycles. The third-order valence-electron chi connectivity index (χ3n) is 2.61. The van der Waals surface area contributed by atoms with E-state index in [0.717, 1.165) is 11.8 Å². The maximum atomic E-state index is 11.7. The van der Waals surface area contributed by atoms with E-state index in [1.165, 1.54) is 0 Å². The summed E-state index contributed by atoms with van der Waals surface area (Å²) in [4.78, 5) is 32.6. The van der Waals surface area contributed by atoms with Gasteiger partial charge in [-0.25, -0.2) is 14.8 Å². The molecule has 0 spiro atoms. The second-order valence-electron chi connectivity index (χ2n) is 4.04. The Labute approximate surface area is 116 Å². The molecule has 0 fully saturated rings. The number of thioether (sulfide) groups is 1. The van der Waals surface area contributed by atoms with Gasteiger partial charge in [0.05, 0.1) is 11.4 Å². The Hall–Kier alpha value is -1.63. The van der Waals surface area contributed by atoms with Crippen molar-refractivity contribution < 1.29 is 14.7 Å². The molecule has 1 aromatic heterocycles. The van der Waals surface area contributed by atoms with Crippen LogP contribution in [-0.2, 0) is 4.79 Å². The number of carbonyl (C=O) groups excluding carboxylic acids is 1. The Balaban J connectivity index is 2.94. The van der Waals surface area contributed by atoms with Gasteiger partial charge in [0.1, 0.15) is 16.4 Å². The van der Waals surface area contributed by atoms with Gasteiger partial charge >= 0.3 is 5.97 Å². The zero-order chi connectivity index (χ0) is 14.6. The molecule has 104 valence electrons. The highest BCUT2D eigenvalue weighted by atomic mass is 32.2. The largest absolute Gasteiger partial charge is 0.478 e. The number of aromatic nitrogens is 2. The molecule has 0 aliphatic rings. The molecule has 0 aliphatic carbocycles. The first-order valence-electron chi connectivity index (χ1n) is 5.82. The maximum Gasteiger partial charge on any atom is 0.340 e. The molecule has 1 heterocycles. The molecule has 7 heteroatoms. The van der Waals surface area contributed by atoms with Crippen molar-refractivity contribution >= 4 is 23.6 Å². The van der Waals surface area contributed by atoms with Gasteiger partial charge in [-0.2, -0.15) is 0 Å². The quantitative estimate of drug-likeness (QED) is 0.649. The minimum Gasteiger partial charge on any atom is -0.478 e. The number of carbonyl (C=O) groups is 2. The van der Waals surface area contributed by atoms with Crippen molar-refractivity contribution in [3.05, 3.63) is 17.1 Å². The van der Waals surface area contributed by atoms with E-state index in [1.807, 2.05) is 6.92 Å². The average molecular weight is 283 g/mol.